The first-order chi connectivity index (χ1) is 11.7. The van der Waals surface area contributed by atoms with Gasteiger partial charge in [0.15, 0.2) is 0 Å². The molecule has 0 unspecified atom stereocenters. The average Bonchev–Trinajstić information content (AvgIpc) is 3.01. The van der Waals surface area contributed by atoms with Crippen molar-refractivity contribution in [2.24, 2.45) is 5.73 Å². The molecule has 5 nitrogen and oxygen atoms in total. The zero-order valence-corrected chi connectivity index (χ0v) is 13.4. The molecule has 1 fully saturated rings. The molecule has 0 spiro atoms. The van der Waals surface area contributed by atoms with Crippen LogP contribution in [0, 0.1) is 0 Å². The topological polar surface area (TPSA) is 72.9 Å². The van der Waals surface area contributed by atoms with Gasteiger partial charge in [-0.05, 0) is 48.9 Å². The molecule has 24 heavy (non-hydrogen) atoms. The van der Waals surface area contributed by atoms with E-state index < -0.39 is 0 Å². The zero-order chi connectivity index (χ0) is 16.5. The monoisotopic (exact) mass is 320 g/mol. The van der Waals surface area contributed by atoms with E-state index in [9.17, 15) is 4.79 Å². The second-order valence-corrected chi connectivity index (χ2v) is 6.39. The van der Waals surface area contributed by atoms with Crippen molar-refractivity contribution in [1.29, 1.82) is 0 Å². The minimum absolute atomic E-state index is 0.0302. The van der Waals surface area contributed by atoms with Crippen LogP contribution in [0.3, 0.4) is 0 Å². The number of benzene rings is 1. The molecule has 2 heterocycles. The maximum absolute atomic E-state index is 12.6. The Morgan fingerprint density at radius 2 is 2.00 bits per heavy atom. The van der Waals surface area contributed by atoms with Crippen LogP contribution in [0.4, 0.5) is 5.82 Å². The van der Waals surface area contributed by atoms with Gasteiger partial charge in [-0.3, -0.25) is 9.36 Å². The van der Waals surface area contributed by atoms with Crippen LogP contribution < -0.4 is 16.6 Å². The molecule has 4 rings (SSSR count). The standard InChI is InChI=1S/C19H20N4O/c20-14-5-6-15(11-14)22-18-8-7-16(12-21-18)23-10-9-13-3-1-2-4-17(13)19(23)24/h1-4,7-10,12,14-15H,5-6,11,20H2,(H,21,22)/t14-,15-/m0/s1. The first-order valence-electron chi connectivity index (χ1n) is 8.30. The van der Waals surface area contributed by atoms with Gasteiger partial charge in [0.1, 0.15) is 5.82 Å². The van der Waals surface area contributed by atoms with Gasteiger partial charge in [-0.25, -0.2) is 4.98 Å². The lowest BCUT2D eigenvalue weighted by molar-refractivity contribution is 0.686. The third-order valence-electron chi connectivity index (χ3n) is 4.66. The summed E-state index contributed by atoms with van der Waals surface area (Å²) in [5, 5.41) is 5.07. The third kappa shape index (κ3) is 2.78. The van der Waals surface area contributed by atoms with Crippen LogP contribution in [0.25, 0.3) is 16.5 Å². The summed E-state index contributed by atoms with van der Waals surface area (Å²) in [4.78, 5) is 17.1. The van der Waals surface area contributed by atoms with Crippen LogP contribution in [0.2, 0.25) is 0 Å². The lowest BCUT2D eigenvalue weighted by Gasteiger charge is -2.13. The van der Waals surface area contributed by atoms with Crippen molar-refractivity contribution >= 4 is 16.6 Å². The van der Waals surface area contributed by atoms with Crippen LogP contribution in [-0.2, 0) is 0 Å². The molecular weight excluding hydrogens is 300 g/mol. The van der Waals surface area contributed by atoms with Gasteiger partial charge in [-0.15, -0.1) is 0 Å². The summed E-state index contributed by atoms with van der Waals surface area (Å²) in [5.74, 6) is 0.826. The summed E-state index contributed by atoms with van der Waals surface area (Å²) >= 11 is 0. The Balaban J connectivity index is 1.61. The molecular formula is C19H20N4O. The largest absolute Gasteiger partial charge is 0.367 e. The molecule has 1 aromatic carbocycles. The molecule has 0 amide bonds. The summed E-state index contributed by atoms with van der Waals surface area (Å²) in [6, 6.07) is 14.1. The second kappa shape index (κ2) is 6.09. The Morgan fingerprint density at radius 3 is 2.75 bits per heavy atom. The second-order valence-electron chi connectivity index (χ2n) is 6.39. The number of aromatic nitrogens is 2. The van der Waals surface area contributed by atoms with E-state index in [4.69, 9.17) is 5.73 Å². The number of rotatable bonds is 3. The number of fused-ring (bicyclic) bond motifs is 1. The molecule has 1 saturated carbocycles. The summed E-state index contributed by atoms with van der Waals surface area (Å²) in [6.45, 7) is 0. The fraction of sp³-hybridized carbons (Fsp3) is 0.263. The van der Waals surface area contributed by atoms with E-state index in [-0.39, 0.29) is 11.6 Å². The summed E-state index contributed by atoms with van der Waals surface area (Å²) in [6.07, 6.45) is 6.64. The number of nitrogens with zero attached hydrogens (tertiary/aromatic N) is 2. The molecule has 0 aliphatic heterocycles. The van der Waals surface area contributed by atoms with Gasteiger partial charge in [0, 0.05) is 23.7 Å². The molecule has 5 heteroatoms. The number of nitrogens with two attached hydrogens (primary N) is 1. The number of nitrogens with one attached hydrogen (secondary N) is 1. The van der Waals surface area contributed by atoms with Crippen molar-refractivity contribution in [2.45, 2.75) is 31.3 Å². The van der Waals surface area contributed by atoms with Crippen LogP contribution in [0.15, 0.2) is 59.7 Å². The Morgan fingerprint density at radius 1 is 1.12 bits per heavy atom. The van der Waals surface area contributed by atoms with Crippen molar-refractivity contribution in [1.82, 2.24) is 9.55 Å². The molecule has 0 radical (unpaired) electrons. The van der Waals surface area contributed by atoms with Crippen LogP contribution >= 0.6 is 0 Å². The Kier molecular flexibility index (Phi) is 3.78. The maximum atomic E-state index is 12.6. The predicted octanol–water partition coefficient (Wildman–Crippen LogP) is 2.68. The van der Waals surface area contributed by atoms with Crippen LogP contribution in [-0.4, -0.2) is 21.6 Å². The van der Waals surface area contributed by atoms with Crippen molar-refractivity contribution in [2.75, 3.05) is 5.32 Å². The SMILES string of the molecule is N[C@H]1CC[C@H](Nc2ccc(-n3ccc4ccccc4c3=O)cn2)C1. The first-order valence-corrected chi connectivity index (χ1v) is 8.30. The number of hydrogen-bond acceptors (Lipinski definition) is 4. The van der Waals surface area contributed by atoms with Crippen molar-refractivity contribution < 1.29 is 0 Å². The fourth-order valence-corrected chi connectivity index (χ4v) is 3.36. The van der Waals surface area contributed by atoms with Gasteiger partial charge < -0.3 is 11.1 Å². The molecule has 0 saturated heterocycles. The van der Waals surface area contributed by atoms with Crippen molar-refractivity contribution in [3.63, 3.8) is 0 Å². The van der Waals surface area contributed by atoms with Crippen molar-refractivity contribution in [3.8, 4) is 5.69 Å². The summed E-state index contributed by atoms with van der Waals surface area (Å²) < 4.78 is 1.63. The Labute approximate surface area is 140 Å². The van der Waals surface area contributed by atoms with Gasteiger partial charge >= 0.3 is 0 Å². The highest BCUT2D eigenvalue weighted by Gasteiger charge is 2.21. The minimum Gasteiger partial charge on any atom is -0.367 e. The summed E-state index contributed by atoms with van der Waals surface area (Å²) in [7, 11) is 0. The number of anilines is 1. The molecule has 2 aromatic heterocycles. The van der Waals surface area contributed by atoms with E-state index in [0.717, 1.165) is 36.2 Å². The quantitative estimate of drug-likeness (QED) is 0.778. The molecule has 0 bridgehead atoms. The Bertz CT molecular complexity index is 917. The van der Waals surface area contributed by atoms with Gasteiger partial charge in [0.2, 0.25) is 0 Å². The number of pyridine rings is 2. The van der Waals surface area contributed by atoms with E-state index in [1.165, 1.54) is 0 Å². The fourth-order valence-electron chi connectivity index (χ4n) is 3.36. The smallest absolute Gasteiger partial charge is 0.262 e. The molecule has 122 valence electrons. The van der Waals surface area contributed by atoms with E-state index in [0.29, 0.717) is 11.4 Å². The van der Waals surface area contributed by atoms with Gasteiger partial charge in [-0.2, -0.15) is 0 Å². The zero-order valence-electron chi connectivity index (χ0n) is 13.4. The van der Waals surface area contributed by atoms with Gasteiger partial charge in [0.05, 0.1) is 11.9 Å². The van der Waals surface area contributed by atoms with Crippen LogP contribution in [0.1, 0.15) is 19.3 Å². The minimum atomic E-state index is -0.0302. The first kappa shape index (κ1) is 14.9. The third-order valence-corrected chi connectivity index (χ3v) is 4.66. The molecule has 2 atom stereocenters. The van der Waals surface area contributed by atoms with E-state index in [1.54, 1.807) is 17.0 Å². The molecule has 1 aliphatic rings. The highest BCUT2D eigenvalue weighted by atomic mass is 16.1. The molecule has 1 aliphatic carbocycles. The normalized spacial score (nSPS) is 20.4. The van der Waals surface area contributed by atoms with Gasteiger partial charge in [0.25, 0.3) is 5.56 Å². The lowest BCUT2D eigenvalue weighted by atomic mass is 10.2. The van der Waals surface area contributed by atoms with E-state index in [1.807, 2.05) is 42.5 Å². The van der Waals surface area contributed by atoms with Crippen LogP contribution in [0.5, 0.6) is 0 Å². The Hall–Kier alpha value is -2.66. The number of hydrogen-bond donors (Lipinski definition) is 2. The lowest BCUT2D eigenvalue weighted by Crippen LogP contribution is -2.21. The maximum Gasteiger partial charge on any atom is 0.262 e. The van der Waals surface area contributed by atoms with Gasteiger partial charge in [-0.1, -0.05) is 18.2 Å². The summed E-state index contributed by atoms with van der Waals surface area (Å²) in [5.41, 5.74) is 6.68. The molecule has 3 aromatic rings. The van der Waals surface area contributed by atoms with Crippen molar-refractivity contribution in [3.05, 3.63) is 65.2 Å². The van der Waals surface area contributed by atoms with E-state index >= 15 is 0 Å². The highest BCUT2D eigenvalue weighted by molar-refractivity contribution is 5.81. The van der Waals surface area contributed by atoms with E-state index in [2.05, 4.69) is 10.3 Å². The average molecular weight is 320 g/mol. The highest BCUT2D eigenvalue weighted by Crippen LogP contribution is 2.21. The molecule has 3 N–H and O–H groups in total. The predicted molar refractivity (Wildman–Crippen MR) is 96.6 cm³/mol.